The monoisotopic (exact) mass is 301 g/mol. The highest BCUT2D eigenvalue weighted by molar-refractivity contribution is 7.89. The third kappa shape index (κ3) is 4.68. The van der Waals surface area contributed by atoms with E-state index in [1.807, 2.05) is 0 Å². The van der Waals surface area contributed by atoms with Gasteiger partial charge in [0.1, 0.15) is 0 Å². The quantitative estimate of drug-likeness (QED) is 0.719. The number of benzene rings is 1. The van der Waals surface area contributed by atoms with Crippen LogP contribution >= 0.6 is 0 Å². The fourth-order valence-electron chi connectivity index (χ4n) is 1.56. The van der Waals surface area contributed by atoms with Crippen LogP contribution in [-0.4, -0.2) is 47.7 Å². The number of hydrogen-bond donors (Lipinski definition) is 1. The van der Waals surface area contributed by atoms with E-state index in [1.54, 1.807) is 6.07 Å². The fourth-order valence-corrected chi connectivity index (χ4v) is 2.68. The number of ether oxygens (including phenoxy) is 2. The maximum absolute atomic E-state index is 12.1. The van der Waals surface area contributed by atoms with E-state index in [1.165, 1.54) is 39.3 Å². The van der Waals surface area contributed by atoms with Crippen LogP contribution in [0.5, 0.6) is 0 Å². The van der Waals surface area contributed by atoms with Gasteiger partial charge in [0.2, 0.25) is 10.0 Å². The zero-order valence-electron chi connectivity index (χ0n) is 11.8. The van der Waals surface area contributed by atoms with Gasteiger partial charge in [-0.3, -0.25) is 4.79 Å². The molecule has 0 bridgehead atoms. The van der Waals surface area contributed by atoms with Crippen LogP contribution in [0.15, 0.2) is 29.2 Å². The Morgan fingerprint density at radius 1 is 1.35 bits per heavy atom. The normalized spacial score (nSPS) is 13.2. The fraction of sp³-hybridized carbons (Fsp3) is 0.462. The second kappa shape index (κ2) is 7.49. The molecule has 112 valence electrons. The van der Waals surface area contributed by atoms with Crippen LogP contribution in [0.4, 0.5) is 0 Å². The molecule has 1 aromatic rings. The predicted molar refractivity (Wildman–Crippen MR) is 74.3 cm³/mol. The third-order valence-corrected chi connectivity index (χ3v) is 4.16. The van der Waals surface area contributed by atoms with Crippen LogP contribution in [0.2, 0.25) is 0 Å². The highest BCUT2D eigenvalue weighted by atomic mass is 32.2. The summed E-state index contributed by atoms with van der Waals surface area (Å²) in [7, 11) is -0.686. The summed E-state index contributed by atoms with van der Waals surface area (Å²) < 4.78 is 36.6. The molecule has 1 atom stereocenters. The van der Waals surface area contributed by atoms with Gasteiger partial charge in [0.15, 0.2) is 5.78 Å². The molecule has 0 radical (unpaired) electrons. The van der Waals surface area contributed by atoms with Crippen molar-refractivity contribution in [2.24, 2.45) is 0 Å². The Balaban J connectivity index is 2.83. The number of ketones is 1. The first kappa shape index (κ1) is 16.8. The number of carbonyl (C=O) groups excluding carboxylic acids is 1. The first-order valence-corrected chi connectivity index (χ1v) is 7.51. The Kier molecular flexibility index (Phi) is 6.28. The van der Waals surface area contributed by atoms with Gasteiger partial charge in [-0.2, -0.15) is 0 Å². The molecular formula is C13H19NO5S. The molecule has 0 fully saturated rings. The molecule has 0 aliphatic rings. The summed E-state index contributed by atoms with van der Waals surface area (Å²) in [6.07, 6.45) is -0.370. The van der Waals surface area contributed by atoms with Gasteiger partial charge < -0.3 is 9.47 Å². The second-order valence-electron chi connectivity index (χ2n) is 4.25. The van der Waals surface area contributed by atoms with E-state index in [2.05, 4.69) is 4.72 Å². The number of hydrogen-bond acceptors (Lipinski definition) is 5. The van der Waals surface area contributed by atoms with Gasteiger partial charge in [0, 0.05) is 26.3 Å². The van der Waals surface area contributed by atoms with Crippen molar-refractivity contribution in [3.8, 4) is 0 Å². The summed E-state index contributed by atoms with van der Waals surface area (Å²) in [5.74, 6) is -0.184. The van der Waals surface area contributed by atoms with Gasteiger partial charge in [-0.05, 0) is 19.1 Å². The molecule has 0 aromatic heterocycles. The van der Waals surface area contributed by atoms with E-state index in [0.717, 1.165) is 0 Å². The van der Waals surface area contributed by atoms with E-state index >= 15 is 0 Å². The lowest BCUT2D eigenvalue weighted by Crippen LogP contribution is -2.35. The molecule has 0 spiro atoms. The number of carbonyl (C=O) groups is 1. The van der Waals surface area contributed by atoms with Crippen LogP contribution in [0.3, 0.4) is 0 Å². The van der Waals surface area contributed by atoms with Crippen LogP contribution in [0, 0.1) is 0 Å². The first-order valence-electron chi connectivity index (χ1n) is 6.03. The molecule has 1 N–H and O–H groups in total. The lowest BCUT2D eigenvalue weighted by molar-refractivity contribution is 0.0320. The molecule has 0 aliphatic carbocycles. The van der Waals surface area contributed by atoms with E-state index in [4.69, 9.17) is 9.47 Å². The Labute approximate surface area is 119 Å². The van der Waals surface area contributed by atoms with Gasteiger partial charge in [0.05, 0.1) is 17.6 Å². The molecule has 0 amide bonds. The second-order valence-corrected chi connectivity index (χ2v) is 6.02. The minimum absolute atomic E-state index is 0.0532. The highest BCUT2D eigenvalue weighted by Gasteiger charge is 2.17. The topological polar surface area (TPSA) is 81.7 Å². The molecule has 0 saturated heterocycles. The molecule has 0 heterocycles. The van der Waals surface area contributed by atoms with Gasteiger partial charge in [-0.25, -0.2) is 13.1 Å². The Hall–Kier alpha value is -1.28. The van der Waals surface area contributed by atoms with Crippen molar-refractivity contribution in [1.82, 2.24) is 4.72 Å². The summed E-state index contributed by atoms with van der Waals surface area (Å²) >= 11 is 0. The number of sulfonamides is 1. The third-order valence-electron chi connectivity index (χ3n) is 2.74. The Morgan fingerprint density at radius 2 is 2.05 bits per heavy atom. The molecular weight excluding hydrogens is 282 g/mol. The SMILES string of the molecule is COCC(CNS(=O)(=O)c1cccc(C(C)=O)c1)OC. The zero-order chi connectivity index (χ0) is 15.2. The minimum Gasteiger partial charge on any atom is -0.382 e. The Bertz CT molecular complexity index is 556. The number of nitrogens with one attached hydrogen (secondary N) is 1. The summed E-state index contributed by atoms with van der Waals surface area (Å²) in [6.45, 7) is 1.77. The van der Waals surface area contributed by atoms with Crippen LogP contribution in [0.1, 0.15) is 17.3 Å². The zero-order valence-corrected chi connectivity index (χ0v) is 12.6. The van der Waals surface area contributed by atoms with Crippen LogP contribution in [-0.2, 0) is 19.5 Å². The van der Waals surface area contributed by atoms with Crippen molar-refractivity contribution in [1.29, 1.82) is 0 Å². The first-order chi connectivity index (χ1) is 9.40. The largest absolute Gasteiger partial charge is 0.382 e. The summed E-state index contributed by atoms with van der Waals surface area (Å²) in [5, 5.41) is 0. The number of Topliss-reactive ketones (excluding diaryl/α,β-unsaturated/α-hetero) is 1. The van der Waals surface area contributed by atoms with Crippen molar-refractivity contribution in [3.05, 3.63) is 29.8 Å². The van der Waals surface area contributed by atoms with Crippen molar-refractivity contribution in [2.75, 3.05) is 27.4 Å². The molecule has 1 unspecified atom stereocenters. The van der Waals surface area contributed by atoms with Gasteiger partial charge >= 0.3 is 0 Å². The van der Waals surface area contributed by atoms with Crippen molar-refractivity contribution >= 4 is 15.8 Å². The number of rotatable bonds is 8. The van der Waals surface area contributed by atoms with E-state index < -0.39 is 10.0 Å². The lowest BCUT2D eigenvalue weighted by Gasteiger charge is -2.15. The molecule has 0 aliphatic heterocycles. The van der Waals surface area contributed by atoms with Crippen LogP contribution in [0.25, 0.3) is 0 Å². The lowest BCUT2D eigenvalue weighted by atomic mass is 10.2. The summed E-state index contributed by atoms with van der Waals surface area (Å²) in [4.78, 5) is 11.3. The predicted octanol–water partition coefficient (Wildman–Crippen LogP) is 0.829. The van der Waals surface area contributed by atoms with E-state index in [-0.39, 0.29) is 29.9 Å². The average molecular weight is 301 g/mol. The molecule has 7 heteroatoms. The smallest absolute Gasteiger partial charge is 0.240 e. The van der Waals surface area contributed by atoms with Gasteiger partial charge in [-0.1, -0.05) is 12.1 Å². The minimum atomic E-state index is -3.68. The summed E-state index contributed by atoms with van der Waals surface area (Å²) in [6, 6.07) is 5.90. The van der Waals surface area contributed by atoms with Gasteiger partial charge in [-0.15, -0.1) is 0 Å². The van der Waals surface area contributed by atoms with Crippen LogP contribution < -0.4 is 4.72 Å². The molecule has 20 heavy (non-hydrogen) atoms. The maximum Gasteiger partial charge on any atom is 0.240 e. The highest BCUT2D eigenvalue weighted by Crippen LogP contribution is 2.12. The maximum atomic E-state index is 12.1. The molecule has 1 rings (SSSR count). The van der Waals surface area contributed by atoms with Crippen molar-refractivity contribution < 1.29 is 22.7 Å². The standard InChI is InChI=1S/C13H19NO5S/c1-10(15)11-5-4-6-13(7-11)20(16,17)14-8-12(19-3)9-18-2/h4-7,12,14H,8-9H2,1-3H3. The Morgan fingerprint density at radius 3 is 2.60 bits per heavy atom. The average Bonchev–Trinajstić information content (AvgIpc) is 2.43. The van der Waals surface area contributed by atoms with Crippen molar-refractivity contribution in [3.63, 3.8) is 0 Å². The van der Waals surface area contributed by atoms with E-state index in [9.17, 15) is 13.2 Å². The van der Waals surface area contributed by atoms with Crippen molar-refractivity contribution in [2.45, 2.75) is 17.9 Å². The van der Waals surface area contributed by atoms with E-state index in [0.29, 0.717) is 5.56 Å². The molecule has 0 saturated carbocycles. The number of methoxy groups -OCH3 is 2. The van der Waals surface area contributed by atoms with Gasteiger partial charge in [0.25, 0.3) is 0 Å². The molecule has 1 aromatic carbocycles. The summed E-state index contributed by atoms with van der Waals surface area (Å²) in [5.41, 5.74) is 0.355. The molecule has 6 nitrogen and oxygen atoms in total.